The van der Waals surface area contributed by atoms with Crippen molar-refractivity contribution in [2.24, 2.45) is 23.2 Å². The number of aliphatic hydroxyl groups is 2. The quantitative estimate of drug-likeness (QED) is 0.841. The first-order valence-corrected chi connectivity index (χ1v) is 9.02. The smallest absolute Gasteiger partial charge is 0.142 e. The first-order valence-electron chi connectivity index (χ1n) is 9.02. The van der Waals surface area contributed by atoms with Crippen LogP contribution < -0.4 is 4.74 Å². The van der Waals surface area contributed by atoms with Gasteiger partial charge < -0.3 is 14.9 Å². The molecule has 1 aromatic carbocycles. The minimum atomic E-state index is -0.559. The molecule has 0 aromatic heterocycles. The zero-order chi connectivity index (χ0) is 17.3. The third kappa shape index (κ3) is 3.09. The van der Waals surface area contributed by atoms with Gasteiger partial charge in [-0.3, -0.25) is 4.79 Å². The van der Waals surface area contributed by atoms with Crippen molar-refractivity contribution in [2.75, 3.05) is 6.61 Å². The fraction of sp³-hybridized carbons (Fsp3) is 0.650. The number of Topliss-reactive ketones (excluding diaryl/α,β-unsaturated/α-hetero) is 1. The van der Waals surface area contributed by atoms with Crippen molar-refractivity contribution in [3.63, 3.8) is 0 Å². The molecule has 6 atom stereocenters. The third-order valence-corrected chi connectivity index (χ3v) is 6.18. The number of ether oxygens (including phenoxy) is 1. The molecule has 0 spiro atoms. The molecule has 1 aromatic rings. The van der Waals surface area contributed by atoms with E-state index in [2.05, 4.69) is 0 Å². The monoisotopic (exact) mass is 332 g/mol. The molecule has 0 radical (unpaired) electrons. The molecule has 2 aliphatic carbocycles. The van der Waals surface area contributed by atoms with Crippen molar-refractivity contribution >= 4 is 5.78 Å². The van der Waals surface area contributed by atoms with Gasteiger partial charge in [0.2, 0.25) is 0 Å². The molecule has 3 rings (SSSR count). The summed E-state index contributed by atoms with van der Waals surface area (Å²) in [4.78, 5) is 12.2. The summed E-state index contributed by atoms with van der Waals surface area (Å²) in [7, 11) is 0. The number of carbonyl (C=O) groups is 1. The molecule has 0 aliphatic heterocycles. The van der Waals surface area contributed by atoms with E-state index < -0.39 is 6.10 Å². The Balaban J connectivity index is 1.52. The Morgan fingerprint density at radius 3 is 2.75 bits per heavy atom. The second kappa shape index (κ2) is 6.85. The highest BCUT2D eigenvalue weighted by molar-refractivity contribution is 5.93. The number of carbonyl (C=O) groups excluding carboxylic acids is 1. The Morgan fingerprint density at radius 2 is 2.04 bits per heavy atom. The second-order valence-corrected chi connectivity index (χ2v) is 7.72. The maximum Gasteiger partial charge on any atom is 0.142 e. The van der Waals surface area contributed by atoms with Crippen LogP contribution in [-0.4, -0.2) is 34.8 Å². The molecule has 4 nitrogen and oxygen atoms in total. The van der Waals surface area contributed by atoms with Crippen LogP contribution in [0.25, 0.3) is 0 Å². The molecule has 2 fully saturated rings. The lowest BCUT2D eigenvalue weighted by Gasteiger charge is -2.58. The number of para-hydroxylation sites is 1. The van der Waals surface area contributed by atoms with Gasteiger partial charge in [-0.25, -0.2) is 0 Å². The number of rotatable bonds is 6. The van der Waals surface area contributed by atoms with Gasteiger partial charge in [-0.2, -0.15) is 0 Å². The molecule has 0 amide bonds. The highest BCUT2D eigenvalue weighted by Gasteiger charge is 2.61. The zero-order valence-electron chi connectivity index (χ0n) is 14.5. The summed E-state index contributed by atoms with van der Waals surface area (Å²) in [5, 5.41) is 20.6. The molecule has 1 unspecified atom stereocenters. The van der Waals surface area contributed by atoms with E-state index in [1.807, 2.05) is 44.2 Å². The molecule has 4 heteroatoms. The van der Waals surface area contributed by atoms with Gasteiger partial charge in [0, 0.05) is 11.3 Å². The van der Waals surface area contributed by atoms with E-state index in [4.69, 9.17) is 4.74 Å². The highest BCUT2D eigenvalue weighted by Crippen LogP contribution is 2.59. The van der Waals surface area contributed by atoms with E-state index in [1.54, 1.807) is 0 Å². The normalized spacial score (nSPS) is 36.6. The van der Waals surface area contributed by atoms with Crippen LogP contribution in [0.15, 0.2) is 30.3 Å². The van der Waals surface area contributed by atoms with Crippen LogP contribution in [0.5, 0.6) is 5.75 Å². The molecule has 0 saturated heterocycles. The summed E-state index contributed by atoms with van der Waals surface area (Å²) in [5.41, 5.74) is -0.255. The standard InChI is InChI=1S/C20H28O4/c1-13-18-16(17(22)10-11-20(18,2)19(13)23)9-8-14(21)12-24-15-6-4-3-5-7-15/h3-7,13-14,16-18,21-22H,8-12H2,1-2H3/t13?,14-,16-,17+,18+,20-/m1/s1. The number of hydrogen-bond acceptors (Lipinski definition) is 4. The number of aliphatic hydroxyl groups excluding tert-OH is 2. The average molecular weight is 332 g/mol. The van der Waals surface area contributed by atoms with Crippen molar-refractivity contribution in [1.29, 1.82) is 0 Å². The van der Waals surface area contributed by atoms with E-state index in [-0.39, 0.29) is 35.9 Å². The van der Waals surface area contributed by atoms with Gasteiger partial charge >= 0.3 is 0 Å². The number of benzene rings is 1. The lowest BCUT2D eigenvalue weighted by Crippen LogP contribution is -2.62. The van der Waals surface area contributed by atoms with Gasteiger partial charge in [0.25, 0.3) is 0 Å². The van der Waals surface area contributed by atoms with E-state index in [1.165, 1.54) is 0 Å². The van der Waals surface area contributed by atoms with Crippen LogP contribution in [-0.2, 0) is 4.79 Å². The number of hydrogen-bond donors (Lipinski definition) is 2. The lowest BCUT2D eigenvalue weighted by molar-refractivity contribution is -0.175. The fourth-order valence-electron chi connectivity index (χ4n) is 4.89. The summed E-state index contributed by atoms with van der Waals surface area (Å²) < 4.78 is 5.59. The Morgan fingerprint density at radius 1 is 1.33 bits per heavy atom. The zero-order valence-corrected chi connectivity index (χ0v) is 14.5. The van der Waals surface area contributed by atoms with Gasteiger partial charge in [0.15, 0.2) is 0 Å². The largest absolute Gasteiger partial charge is 0.491 e. The highest BCUT2D eigenvalue weighted by atomic mass is 16.5. The van der Waals surface area contributed by atoms with E-state index in [0.717, 1.165) is 18.6 Å². The van der Waals surface area contributed by atoms with E-state index in [9.17, 15) is 15.0 Å². The first kappa shape index (κ1) is 17.4. The van der Waals surface area contributed by atoms with Gasteiger partial charge in [0.1, 0.15) is 18.1 Å². The average Bonchev–Trinajstić information content (AvgIpc) is 2.60. The maximum absolute atomic E-state index is 12.2. The Kier molecular flexibility index (Phi) is 4.97. The van der Waals surface area contributed by atoms with Crippen molar-refractivity contribution in [3.05, 3.63) is 30.3 Å². The molecular weight excluding hydrogens is 304 g/mol. The molecule has 2 aliphatic rings. The predicted octanol–water partition coefficient (Wildman–Crippen LogP) is 2.82. The minimum Gasteiger partial charge on any atom is -0.491 e. The Bertz CT molecular complexity index is 572. The third-order valence-electron chi connectivity index (χ3n) is 6.18. The van der Waals surface area contributed by atoms with Crippen LogP contribution in [0.3, 0.4) is 0 Å². The van der Waals surface area contributed by atoms with Gasteiger partial charge in [0.05, 0.1) is 12.2 Å². The van der Waals surface area contributed by atoms with E-state index in [0.29, 0.717) is 18.6 Å². The topological polar surface area (TPSA) is 66.8 Å². The maximum atomic E-state index is 12.2. The van der Waals surface area contributed by atoms with Gasteiger partial charge in [-0.05, 0) is 49.7 Å². The van der Waals surface area contributed by atoms with Crippen LogP contribution in [0, 0.1) is 23.2 Å². The number of fused-ring (bicyclic) bond motifs is 1. The number of ketones is 1. The van der Waals surface area contributed by atoms with Crippen LogP contribution in [0.1, 0.15) is 39.5 Å². The Labute approximate surface area is 143 Å². The molecule has 2 N–H and O–H groups in total. The molecule has 0 heterocycles. The van der Waals surface area contributed by atoms with Crippen LogP contribution in [0.4, 0.5) is 0 Å². The summed E-state index contributed by atoms with van der Waals surface area (Å²) in [6.45, 7) is 4.28. The summed E-state index contributed by atoms with van der Waals surface area (Å²) in [6.07, 6.45) is 1.88. The van der Waals surface area contributed by atoms with Crippen LogP contribution in [0.2, 0.25) is 0 Å². The molecular formula is C20H28O4. The SMILES string of the molecule is CC1C(=O)[C@]2(C)CC[C@H](O)[C@@H](CC[C@@H](O)COc3ccccc3)[C@H]12. The first-order chi connectivity index (χ1) is 11.4. The summed E-state index contributed by atoms with van der Waals surface area (Å²) in [5.74, 6) is 1.48. The lowest BCUT2D eigenvalue weighted by atomic mass is 9.45. The Hall–Kier alpha value is -1.39. The summed E-state index contributed by atoms with van der Waals surface area (Å²) in [6, 6.07) is 9.45. The van der Waals surface area contributed by atoms with Crippen molar-refractivity contribution in [1.82, 2.24) is 0 Å². The predicted molar refractivity (Wildman–Crippen MR) is 91.7 cm³/mol. The fourth-order valence-corrected chi connectivity index (χ4v) is 4.89. The molecule has 24 heavy (non-hydrogen) atoms. The van der Waals surface area contributed by atoms with Crippen molar-refractivity contribution in [2.45, 2.75) is 51.7 Å². The van der Waals surface area contributed by atoms with Gasteiger partial charge in [-0.15, -0.1) is 0 Å². The van der Waals surface area contributed by atoms with Gasteiger partial charge in [-0.1, -0.05) is 32.0 Å². The second-order valence-electron chi connectivity index (χ2n) is 7.72. The van der Waals surface area contributed by atoms with E-state index >= 15 is 0 Å². The summed E-state index contributed by atoms with van der Waals surface area (Å²) >= 11 is 0. The van der Waals surface area contributed by atoms with Crippen LogP contribution >= 0.6 is 0 Å². The van der Waals surface area contributed by atoms with Crippen molar-refractivity contribution in [3.8, 4) is 5.75 Å². The van der Waals surface area contributed by atoms with Crippen molar-refractivity contribution < 1.29 is 19.7 Å². The minimum absolute atomic E-state index is 0.0349. The molecule has 0 bridgehead atoms. The molecule has 132 valence electrons. The molecule has 2 saturated carbocycles.